The van der Waals surface area contributed by atoms with E-state index in [1.54, 1.807) is 21.6 Å². The first-order chi connectivity index (χ1) is 17.1. The molecular weight excluding hydrogens is 440 g/mol. The van der Waals surface area contributed by atoms with Crippen LogP contribution in [0.5, 0.6) is 0 Å². The van der Waals surface area contributed by atoms with E-state index < -0.39 is 0 Å². The molecule has 7 nitrogen and oxygen atoms in total. The molecule has 0 aliphatic heterocycles. The quantitative estimate of drug-likeness (QED) is 0.382. The van der Waals surface area contributed by atoms with Gasteiger partial charge in [-0.05, 0) is 67.5 Å². The Hall–Kier alpha value is -3.58. The van der Waals surface area contributed by atoms with Crippen LogP contribution in [0.4, 0.5) is 0 Å². The number of aliphatic hydroxyl groups excluding tert-OH is 1. The molecule has 0 saturated heterocycles. The third-order valence-corrected chi connectivity index (χ3v) is 7.01. The molecule has 0 radical (unpaired) electrons. The number of hydrogen-bond acceptors (Lipinski definition) is 5. The van der Waals surface area contributed by atoms with E-state index in [2.05, 4.69) is 10.2 Å². The topological polar surface area (TPSA) is 90.0 Å². The number of carbonyl (C=O) groups excluding carboxylic acids is 1. The van der Waals surface area contributed by atoms with Crippen LogP contribution in [0.1, 0.15) is 61.0 Å². The molecule has 35 heavy (non-hydrogen) atoms. The number of aliphatic hydroxyl groups is 1. The Balaban J connectivity index is 1.37. The van der Waals surface area contributed by atoms with Crippen LogP contribution in [0.2, 0.25) is 0 Å². The average molecular weight is 471 g/mol. The number of carbonyl (C=O) groups is 1. The lowest BCUT2D eigenvalue weighted by atomic mass is 9.83. The summed E-state index contributed by atoms with van der Waals surface area (Å²) in [5.41, 5.74) is 2.35. The molecule has 7 heteroatoms. The minimum Gasteiger partial charge on any atom is -0.393 e. The van der Waals surface area contributed by atoms with Crippen molar-refractivity contribution >= 4 is 16.7 Å². The van der Waals surface area contributed by atoms with Gasteiger partial charge in [0.05, 0.1) is 23.9 Å². The van der Waals surface area contributed by atoms with Crippen molar-refractivity contribution in [2.45, 2.75) is 57.6 Å². The zero-order valence-electron chi connectivity index (χ0n) is 19.7. The Morgan fingerprint density at radius 3 is 2.60 bits per heavy atom. The Morgan fingerprint density at radius 2 is 1.83 bits per heavy atom. The molecule has 1 saturated carbocycles. The number of para-hydroxylation sites is 1. The summed E-state index contributed by atoms with van der Waals surface area (Å²) < 4.78 is 3.54. The molecule has 0 bridgehead atoms. The second-order valence-electron chi connectivity index (χ2n) is 9.40. The number of rotatable bonds is 8. The number of aromatic nitrogens is 4. The van der Waals surface area contributed by atoms with E-state index in [0.717, 1.165) is 43.4 Å². The zero-order valence-corrected chi connectivity index (χ0v) is 19.7. The van der Waals surface area contributed by atoms with Crippen molar-refractivity contribution in [1.29, 1.82) is 0 Å². The van der Waals surface area contributed by atoms with Gasteiger partial charge in [-0.2, -0.15) is 10.2 Å². The molecule has 5 rings (SSSR count). The number of Topliss-reactive ketones (excluding diaryl/α,β-unsaturated/α-hetero) is 1. The first-order valence-electron chi connectivity index (χ1n) is 12.4. The van der Waals surface area contributed by atoms with Gasteiger partial charge in [0.1, 0.15) is 0 Å². The van der Waals surface area contributed by atoms with Crippen LogP contribution in [0.3, 0.4) is 0 Å². The monoisotopic (exact) mass is 470 g/mol. The molecule has 0 amide bonds. The Morgan fingerprint density at radius 1 is 1.03 bits per heavy atom. The van der Waals surface area contributed by atoms with Crippen molar-refractivity contribution in [3.05, 3.63) is 88.5 Å². The van der Waals surface area contributed by atoms with Crippen LogP contribution < -0.4 is 5.43 Å². The second kappa shape index (κ2) is 10.4. The summed E-state index contributed by atoms with van der Waals surface area (Å²) in [6.07, 6.45) is 9.14. The summed E-state index contributed by atoms with van der Waals surface area (Å²) in [5, 5.41) is 19.5. The highest BCUT2D eigenvalue weighted by molar-refractivity contribution is 5.96. The van der Waals surface area contributed by atoms with E-state index in [9.17, 15) is 14.7 Å². The largest absolute Gasteiger partial charge is 0.393 e. The number of hydrogen-bond donors (Lipinski definition) is 1. The SMILES string of the molecule is O=C(CCC[C@H]1CCCC[C@@H]1O)c1nn(Cc2ccc(-n3cccn3)cc2)c2ccccc2c1=O. The second-order valence-corrected chi connectivity index (χ2v) is 9.40. The highest BCUT2D eigenvalue weighted by Crippen LogP contribution is 2.28. The van der Waals surface area contributed by atoms with Crippen molar-refractivity contribution in [1.82, 2.24) is 19.6 Å². The maximum atomic E-state index is 13.1. The third-order valence-electron chi connectivity index (χ3n) is 7.01. The van der Waals surface area contributed by atoms with E-state index in [4.69, 9.17) is 0 Å². The number of nitrogens with zero attached hydrogens (tertiary/aromatic N) is 4. The minimum atomic E-state index is -0.311. The molecular formula is C28H30N4O3. The predicted molar refractivity (Wildman–Crippen MR) is 135 cm³/mol. The molecule has 0 spiro atoms. The first-order valence-corrected chi connectivity index (χ1v) is 12.4. The Labute approximate surface area is 204 Å². The highest BCUT2D eigenvalue weighted by Gasteiger charge is 2.23. The lowest BCUT2D eigenvalue weighted by Crippen LogP contribution is -2.25. The molecule has 1 N–H and O–H groups in total. The fourth-order valence-corrected chi connectivity index (χ4v) is 5.06. The van der Waals surface area contributed by atoms with Crippen molar-refractivity contribution in [3.8, 4) is 5.69 Å². The molecule has 2 heterocycles. The maximum Gasteiger partial charge on any atom is 0.219 e. The van der Waals surface area contributed by atoms with Crippen molar-refractivity contribution in [2.24, 2.45) is 5.92 Å². The molecule has 1 aliphatic carbocycles. The average Bonchev–Trinajstić information content (AvgIpc) is 3.42. The summed E-state index contributed by atoms with van der Waals surface area (Å²) in [5.74, 6) is 0.0244. The molecule has 4 aromatic rings. The minimum absolute atomic E-state index is 0.000976. The normalized spacial score (nSPS) is 18.1. The lowest BCUT2D eigenvalue weighted by molar-refractivity contribution is 0.0631. The van der Waals surface area contributed by atoms with Crippen LogP contribution in [-0.2, 0) is 6.54 Å². The standard InChI is InChI=1S/C28H30N4O3/c33-25-11-4-1-7-21(25)8-5-12-26(34)27-28(35)23-9-2-3-10-24(23)32(30-27)19-20-13-15-22(16-14-20)31-18-6-17-29-31/h2-3,6,9-10,13-18,21,25,33H,1,4-5,7-8,11-12,19H2/t21-,25+/m1/s1. The zero-order chi connectivity index (χ0) is 24.2. The number of fused-ring (bicyclic) bond motifs is 1. The summed E-state index contributed by atoms with van der Waals surface area (Å²) in [7, 11) is 0. The van der Waals surface area contributed by atoms with Crippen LogP contribution in [-0.4, -0.2) is 36.6 Å². The molecule has 2 aromatic heterocycles. The van der Waals surface area contributed by atoms with Gasteiger partial charge >= 0.3 is 0 Å². The van der Waals surface area contributed by atoms with E-state index in [1.165, 1.54) is 0 Å². The van der Waals surface area contributed by atoms with Crippen LogP contribution >= 0.6 is 0 Å². The van der Waals surface area contributed by atoms with Crippen LogP contribution in [0, 0.1) is 5.92 Å². The van der Waals surface area contributed by atoms with E-state index in [1.807, 2.05) is 54.7 Å². The number of benzene rings is 2. The van der Waals surface area contributed by atoms with Gasteiger partial charge in [0, 0.05) is 24.2 Å². The van der Waals surface area contributed by atoms with Gasteiger partial charge in [-0.1, -0.05) is 37.1 Å². The fourth-order valence-electron chi connectivity index (χ4n) is 5.06. The molecule has 1 fully saturated rings. The predicted octanol–water partition coefficient (Wildman–Crippen LogP) is 4.53. The third kappa shape index (κ3) is 5.10. The lowest BCUT2D eigenvalue weighted by Gasteiger charge is -2.27. The van der Waals surface area contributed by atoms with E-state index in [-0.39, 0.29) is 35.3 Å². The van der Waals surface area contributed by atoms with Gasteiger partial charge in [0.15, 0.2) is 11.5 Å². The summed E-state index contributed by atoms with van der Waals surface area (Å²) in [6.45, 7) is 0.439. The van der Waals surface area contributed by atoms with Crippen LogP contribution in [0.15, 0.2) is 71.8 Å². The fraction of sp³-hybridized carbons (Fsp3) is 0.357. The van der Waals surface area contributed by atoms with E-state index >= 15 is 0 Å². The van der Waals surface area contributed by atoms with Gasteiger partial charge in [-0.3, -0.25) is 14.3 Å². The highest BCUT2D eigenvalue weighted by atomic mass is 16.3. The van der Waals surface area contributed by atoms with Gasteiger partial charge < -0.3 is 5.11 Å². The Kier molecular flexibility index (Phi) is 6.86. The molecule has 180 valence electrons. The van der Waals surface area contributed by atoms with E-state index in [0.29, 0.717) is 23.9 Å². The van der Waals surface area contributed by atoms with Gasteiger partial charge in [0.2, 0.25) is 5.43 Å². The summed E-state index contributed by atoms with van der Waals surface area (Å²) in [4.78, 5) is 26.2. The van der Waals surface area contributed by atoms with Crippen molar-refractivity contribution < 1.29 is 9.90 Å². The summed E-state index contributed by atoms with van der Waals surface area (Å²) in [6, 6.07) is 17.2. The van der Waals surface area contributed by atoms with Gasteiger partial charge in [-0.25, -0.2) is 4.68 Å². The maximum absolute atomic E-state index is 13.1. The Bertz CT molecular complexity index is 1360. The van der Waals surface area contributed by atoms with Crippen molar-refractivity contribution in [3.63, 3.8) is 0 Å². The van der Waals surface area contributed by atoms with Crippen molar-refractivity contribution in [2.75, 3.05) is 0 Å². The molecule has 2 atom stereocenters. The first kappa shape index (κ1) is 23.2. The van der Waals surface area contributed by atoms with Gasteiger partial charge in [-0.15, -0.1) is 0 Å². The molecule has 0 unspecified atom stereocenters. The molecule has 2 aromatic carbocycles. The number of ketones is 1. The molecule has 1 aliphatic rings. The smallest absolute Gasteiger partial charge is 0.219 e. The van der Waals surface area contributed by atoms with Crippen LogP contribution in [0.25, 0.3) is 16.6 Å². The summed E-state index contributed by atoms with van der Waals surface area (Å²) >= 11 is 0. The van der Waals surface area contributed by atoms with Gasteiger partial charge in [0.25, 0.3) is 0 Å².